The molecule has 0 N–H and O–H groups in total. The lowest BCUT2D eigenvalue weighted by molar-refractivity contribution is 0.0169. The highest BCUT2D eigenvalue weighted by molar-refractivity contribution is 7.93. The summed E-state index contributed by atoms with van der Waals surface area (Å²) in [6, 6.07) is 13.2. The van der Waals surface area contributed by atoms with Crippen LogP contribution < -0.4 is 4.31 Å². The maximum atomic E-state index is 13.7. The molecular weight excluding hydrogens is 474 g/mol. The van der Waals surface area contributed by atoms with Crippen LogP contribution in [-0.4, -0.2) is 79.5 Å². The molecule has 34 heavy (non-hydrogen) atoms. The van der Waals surface area contributed by atoms with Crippen LogP contribution in [0.1, 0.15) is 18.4 Å². The molecule has 2 saturated heterocycles. The van der Waals surface area contributed by atoms with Gasteiger partial charge in [-0.1, -0.05) is 18.2 Å². The average molecular weight is 506 g/mol. The molecule has 2 fully saturated rings. The van der Waals surface area contributed by atoms with Gasteiger partial charge in [0.15, 0.2) is 0 Å². The van der Waals surface area contributed by atoms with Crippen molar-refractivity contribution in [3.05, 3.63) is 54.1 Å². The van der Waals surface area contributed by atoms with Gasteiger partial charge in [0.1, 0.15) is 0 Å². The van der Waals surface area contributed by atoms with Gasteiger partial charge < -0.3 is 9.64 Å². The van der Waals surface area contributed by atoms with E-state index in [1.54, 1.807) is 0 Å². The highest BCUT2D eigenvalue weighted by Crippen LogP contribution is 2.48. The fraction of sp³-hybridized carbons (Fsp3) is 0.500. The maximum Gasteiger partial charge on any atom is 0.264 e. The fourth-order valence-corrected chi connectivity index (χ4v) is 7.90. The van der Waals surface area contributed by atoms with Gasteiger partial charge in [-0.25, -0.2) is 21.1 Å². The van der Waals surface area contributed by atoms with E-state index in [9.17, 15) is 16.8 Å². The first-order valence-electron chi connectivity index (χ1n) is 11.6. The lowest BCUT2D eigenvalue weighted by atomic mass is 9.75. The number of nitrogens with zero attached hydrogens (tertiary/aromatic N) is 3. The van der Waals surface area contributed by atoms with Crippen LogP contribution in [0.3, 0.4) is 0 Å². The molecule has 3 aliphatic rings. The average Bonchev–Trinajstić information content (AvgIpc) is 3.16. The number of hydrogen-bond donors (Lipinski definition) is 0. The molecule has 1 spiro atoms. The molecule has 0 aliphatic carbocycles. The second-order valence-corrected chi connectivity index (χ2v) is 13.8. The van der Waals surface area contributed by atoms with Gasteiger partial charge in [-0.2, -0.15) is 0 Å². The molecular formula is C24H31N3O5S2. The standard InChI is InChI=1S/C24H31N3O5S2/c1-25(2)33(28,29)20-7-9-21(10-8-20)34(30,31)27-18-24(22-5-3-4-6-23(22)27)16-26(17-24)15-19-11-13-32-14-12-19/h3-10,19H,11-18H2,1-2H3. The largest absolute Gasteiger partial charge is 0.381 e. The Morgan fingerprint density at radius 2 is 1.53 bits per heavy atom. The van der Waals surface area contributed by atoms with Crippen LogP contribution >= 0.6 is 0 Å². The summed E-state index contributed by atoms with van der Waals surface area (Å²) < 4.78 is 60.1. The van der Waals surface area contributed by atoms with E-state index < -0.39 is 20.0 Å². The number of fused-ring (bicyclic) bond motifs is 2. The van der Waals surface area contributed by atoms with Crippen molar-refractivity contribution in [2.75, 3.05) is 57.8 Å². The molecule has 0 aromatic heterocycles. The molecule has 0 amide bonds. The Kier molecular flexibility index (Phi) is 6.01. The lowest BCUT2D eigenvalue weighted by Crippen LogP contribution is -2.62. The van der Waals surface area contributed by atoms with Crippen molar-refractivity contribution in [2.45, 2.75) is 28.0 Å². The number of anilines is 1. The summed E-state index contributed by atoms with van der Waals surface area (Å²) >= 11 is 0. The van der Waals surface area contributed by atoms with E-state index in [-0.39, 0.29) is 15.2 Å². The first kappa shape index (κ1) is 23.7. The second kappa shape index (κ2) is 8.60. The Balaban J connectivity index is 1.38. The molecule has 5 rings (SSSR count). The zero-order valence-corrected chi connectivity index (χ0v) is 21.2. The lowest BCUT2D eigenvalue weighted by Gasteiger charge is -2.50. The predicted octanol–water partition coefficient (Wildman–Crippen LogP) is 2.13. The van der Waals surface area contributed by atoms with E-state index in [0.717, 1.165) is 61.2 Å². The Morgan fingerprint density at radius 1 is 0.912 bits per heavy atom. The number of benzene rings is 2. The molecule has 0 bridgehead atoms. The third kappa shape index (κ3) is 3.95. The van der Waals surface area contributed by atoms with Gasteiger partial charge in [0, 0.05) is 58.9 Å². The van der Waals surface area contributed by atoms with E-state index in [1.807, 2.05) is 24.3 Å². The van der Waals surface area contributed by atoms with Crippen LogP contribution in [0, 0.1) is 5.92 Å². The monoisotopic (exact) mass is 505 g/mol. The summed E-state index contributed by atoms with van der Waals surface area (Å²) in [5.74, 6) is 0.638. The summed E-state index contributed by atoms with van der Waals surface area (Å²) in [6.45, 7) is 4.76. The van der Waals surface area contributed by atoms with E-state index in [0.29, 0.717) is 12.5 Å². The molecule has 3 heterocycles. The Labute approximate surface area is 202 Å². The molecule has 184 valence electrons. The molecule has 3 aliphatic heterocycles. The van der Waals surface area contributed by atoms with Crippen LogP contribution in [-0.2, 0) is 30.2 Å². The summed E-state index contributed by atoms with van der Waals surface area (Å²) in [7, 11) is -4.57. The van der Waals surface area contributed by atoms with Crippen LogP contribution in [0.2, 0.25) is 0 Å². The number of para-hydroxylation sites is 1. The first-order valence-corrected chi connectivity index (χ1v) is 14.5. The smallest absolute Gasteiger partial charge is 0.264 e. The van der Waals surface area contributed by atoms with Crippen molar-refractivity contribution in [1.29, 1.82) is 0 Å². The van der Waals surface area contributed by atoms with Gasteiger partial charge in [-0.05, 0) is 54.7 Å². The van der Waals surface area contributed by atoms with Crippen LogP contribution in [0.5, 0.6) is 0 Å². The van der Waals surface area contributed by atoms with Crippen molar-refractivity contribution in [3.8, 4) is 0 Å². The predicted molar refractivity (Wildman–Crippen MR) is 130 cm³/mol. The number of likely N-dealkylation sites (tertiary alicyclic amines) is 1. The van der Waals surface area contributed by atoms with Crippen LogP contribution in [0.25, 0.3) is 0 Å². The SMILES string of the molecule is CN(C)S(=O)(=O)c1ccc(S(=O)(=O)N2CC3(CN(CC4CCOCC4)C3)c3ccccc32)cc1. The minimum absolute atomic E-state index is 0.0671. The number of sulfonamides is 2. The quantitative estimate of drug-likeness (QED) is 0.598. The van der Waals surface area contributed by atoms with Crippen molar-refractivity contribution in [2.24, 2.45) is 5.92 Å². The van der Waals surface area contributed by atoms with Crippen molar-refractivity contribution < 1.29 is 21.6 Å². The molecule has 2 aromatic rings. The Morgan fingerprint density at radius 3 is 2.18 bits per heavy atom. The van der Waals surface area contributed by atoms with Crippen LogP contribution in [0.4, 0.5) is 5.69 Å². The summed E-state index contributed by atoms with van der Waals surface area (Å²) in [6.07, 6.45) is 2.17. The zero-order chi connectivity index (χ0) is 24.1. The van der Waals surface area contributed by atoms with E-state index in [4.69, 9.17) is 4.74 Å². The van der Waals surface area contributed by atoms with Crippen LogP contribution in [0.15, 0.2) is 58.3 Å². The number of ether oxygens (including phenoxy) is 1. The number of rotatable bonds is 6. The molecule has 0 saturated carbocycles. The summed E-state index contributed by atoms with van der Waals surface area (Å²) in [5.41, 5.74) is 1.59. The third-order valence-electron chi connectivity index (χ3n) is 7.29. The van der Waals surface area contributed by atoms with E-state index in [1.165, 1.54) is 42.7 Å². The Bertz CT molecular complexity index is 1260. The molecule has 10 heteroatoms. The minimum atomic E-state index is -3.84. The highest BCUT2D eigenvalue weighted by atomic mass is 32.2. The number of hydrogen-bond acceptors (Lipinski definition) is 6. The van der Waals surface area contributed by atoms with E-state index >= 15 is 0 Å². The van der Waals surface area contributed by atoms with Gasteiger partial charge in [0.2, 0.25) is 10.0 Å². The molecule has 8 nitrogen and oxygen atoms in total. The molecule has 0 radical (unpaired) electrons. The van der Waals surface area contributed by atoms with Crippen molar-refractivity contribution in [3.63, 3.8) is 0 Å². The van der Waals surface area contributed by atoms with Gasteiger partial charge in [0.25, 0.3) is 10.0 Å². The van der Waals surface area contributed by atoms with Gasteiger partial charge in [-0.15, -0.1) is 0 Å². The highest BCUT2D eigenvalue weighted by Gasteiger charge is 2.53. The topological polar surface area (TPSA) is 87.2 Å². The maximum absolute atomic E-state index is 13.7. The minimum Gasteiger partial charge on any atom is -0.381 e. The first-order chi connectivity index (χ1) is 16.1. The summed E-state index contributed by atoms with van der Waals surface area (Å²) in [4.78, 5) is 2.59. The second-order valence-electron chi connectivity index (χ2n) is 9.79. The van der Waals surface area contributed by atoms with E-state index in [2.05, 4.69) is 4.90 Å². The molecule has 0 atom stereocenters. The molecule has 0 unspecified atom stereocenters. The van der Waals surface area contributed by atoms with Crippen molar-refractivity contribution in [1.82, 2.24) is 9.21 Å². The third-order valence-corrected chi connectivity index (χ3v) is 10.9. The van der Waals surface area contributed by atoms with Crippen molar-refractivity contribution >= 4 is 25.7 Å². The zero-order valence-electron chi connectivity index (χ0n) is 19.6. The van der Waals surface area contributed by atoms with Gasteiger partial charge in [-0.3, -0.25) is 4.31 Å². The van der Waals surface area contributed by atoms with Gasteiger partial charge in [0.05, 0.1) is 15.5 Å². The normalized spacial score (nSPS) is 21.1. The van der Waals surface area contributed by atoms with Gasteiger partial charge >= 0.3 is 0 Å². The Hall–Kier alpha value is -1.98. The fourth-order valence-electron chi connectivity index (χ4n) is 5.42. The summed E-state index contributed by atoms with van der Waals surface area (Å²) in [5, 5.41) is 0. The molecule has 2 aromatic carbocycles.